The highest BCUT2D eigenvalue weighted by Gasteiger charge is 2.24. The molecule has 0 unspecified atom stereocenters. The third-order valence-electron chi connectivity index (χ3n) is 4.84. The maximum Gasteiger partial charge on any atom is 0.253 e. The van der Waals surface area contributed by atoms with Gasteiger partial charge >= 0.3 is 0 Å². The van der Waals surface area contributed by atoms with Crippen molar-refractivity contribution in [1.82, 2.24) is 10.2 Å². The number of carbonyl (C=O) groups excluding carboxylic acids is 1. The smallest absolute Gasteiger partial charge is 0.253 e. The second-order valence-corrected chi connectivity index (χ2v) is 6.32. The lowest BCUT2D eigenvalue weighted by Gasteiger charge is -2.36. The molecule has 4 rings (SSSR count). The Morgan fingerprint density at radius 1 is 0.958 bits per heavy atom. The second kappa shape index (κ2) is 6.24. The molecule has 0 atom stereocenters. The number of benzene rings is 2. The molecular weight excluding hydrogens is 305 g/mol. The molecule has 4 nitrogen and oxygen atoms in total. The molecule has 5 heteroatoms. The van der Waals surface area contributed by atoms with Crippen LogP contribution in [0.25, 0.3) is 0 Å². The molecule has 1 N–H and O–H groups in total. The van der Waals surface area contributed by atoms with Gasteiger partial charge in [0.1, 0.15) is 5.82 Å². The van der Waals surface area contributed by atoms with E-state index in [1.54, 1.807) is 12.1 Å². The molecule has 0 aromatic heterocycles. The molecule has 1 fully saturated rings. The number of para-hydroxylation sites is 1. The zero-order chi connectivity index (χ0) is 16.5. The molecule has 24 heavy (non-hydrogen) atoms. The molecular formula is C19H20FN3O. The first-order chi connectivity index (χ1) is 11.7. The first kappa shape index (κ1) is 15.1. The van der Waals surface area contributed by atoms with E-state index in [0.29, 0.717) is 31.9 Å². The van der Waals surface area contributed by atoms with Gasteiger partial charge in [0.05, 0.1) is 5.69 Å². The van der Waals surface area contributed by atoms with Crippen LogP contribution in [0, 0.1) is 5.82 Å². The number of hydrogen-bond donors (Lipinski definition) is 1. The van der Waals surface area contributed by atoms with Crippen LogP contribution in [0.1, 0.15) is 21.5 Å². The van der Waals surface area contributed by atoms with Gasteiger partial charge in [-0.1, -0.05) is 18.2 Å². The molecule has 2 aromatic carbocycles. The van der Waals surface area contributed by atoms with Gasteiger partial charge in [0.15, 0.2) is 0 Å². The second-order valence-electron chi connectivity index (χ2n) is 6.32. The number of halogens is 1. The Balaban J connectivity index is 1.44. The van der Waals surface area contributed by atoms with Crippen molar-refractivity contribution in [1.29, 1.82) is 0 Å². The van der Waals surface area contributed by atoms with E-state index in [1.807, 2.05) is 34.1 Å². The third-order valence-corrected chi connectivity index (χ3v) is 4.84. The lowest BCUT2D eigenvalue weighted by molar-refractivity contribution is 0.0746. The Bertz CT molecular complexity index is 769. The Kier molecular flexibility index (Phi) is 3.94. The van der Waals surface area contributed by atoms with Crippen LogP contribution in [-0.4, -0.2) is 37.0 Å². The molecule has 0 saturated carbocycles. The van der Waals surface area contributed by atoms with Gasteiger partial charge in [0.25, 0.3) is 5.91 Å². The zero-order valence-electron chi connectivity index (χ0n) is 13.5. The highest BCUT2D eigenvalue weighted by molar-refractivity contribution is 5.94. The number of hydrogen-bond acceptors (Lipinski definition) is 3. The number of piperazine rings is 1. The van der Waals surface area contributed by atoms with Crippen molar-refractivity contribution in [3.8, 4) is 0 Å². The van der Waals surface area contributed by atoms with Gasteiger partial charge in [-0.25, -0.2) is 4.39 Å². The van der Waals surface area contributed by atoms with Gasteiger partial charge in [0.2, 0.25) is 0 Å². The summed E-state index contributed by atoms with van der Waals surface area (Å²) < 4.78 is 13.9. The number of fused-ring (bicyclic) bond motifs is 1. The van der Waals surface area contributed by atoms with Crippen LogP contribution in [0.4, 0.5) is 10.1 Å². The van der Waals surface area contributed by atoms with Gasteiger partial charge in [-0.3, -0.25) is 4.79 Å². The largest absolute Gasteiger partial charge is 0.366 e. The fraction of sp³-hybridized carbons (Fsp3) is 0.316. The third kappa shape index (κ3) is 2.76. The molecule has 0 aliphatic carbocycles. The van der Waals surface area contributed by atoms with Crippen LogP contribution in [-0.2, 0) is 13.1 Å². The first-order valence-corrected chi connectivity index (χ1v) is 8.33. The van der Waals surface area contributed by atoms with Crippen molar-refractivity contribution in [2.45, 2.75) is 13.1 Å². The van der Waals surface area contributed by atoms with Crippen LogP contribution in [0.5, 0.6) is 0 Å². The van der Waals surface area contributed by atoms with Crippen molar-refractivity contribution in [3.05, 3.63) is 65.0 Å². The number of nitrogens with one attached hydrogen (secondary N) is 1. The van der Waals surface area contributed by atoms with Crippen molar-refractivity contribution in [2.24, 2.45) is 0 Å². The minimum Gasteiger partial charge on any atom is -0.366 e. The van der Waals surface area contributed by atoms with E-state index in [4.69, 9.17) is 0 Å². The Morgan fingerprint density at radius 3 is 2.50 bits per heavy atom. The summed E-state index contributed by atoms with van der Waals surface area (Å²) in [5.74, 6) is -0.138. The van der Waals surface area contributed by atoms with E-state index in [9.17, 15) is 9.18 Å². The van der Waals surface area contributed by atoms with Crippen LogP contribution < -0.4 is 10.2 Å². The fourth-order valence-electron chi connectivity index (χ4n) is 3.47. The number of amides is 1. The monoisotopic (exact) mass is 325 g/mol. The molecule has 2 aromatic rings. The van der Waals surface area contributed by atoms with Gasteiger partial charge in [0, 0.05) is 44.8 Å². The quantitative estimate of drug-likeness (QED) is 0.921. The van der Waals surface area contributed by atoms with Gasteiger partial charge in [-0.15, -0.1) is 0 Å². The summed E-state index contributed by atoms with van der Waals surface area (Å²) in [7, 11) is 0. The van der Waals surface area contributed by atoms with E-state index >= 15 is 0 Å². The molecule has 2 heterocycles. The first-order valence-electron chi connectivity index (χ1n) is 8.33. The maximum absolute atomic E-state index is 13.9. The summed E-state index contributed by atoms with van der Waals surface area (Å²) >= 11 is 0. The van der Waals surface area contributed by atoms with Crippen molar-refractivity contribution in [3.63, 3.8) is 0 Å². The molecule has 0 spiro atoms. The highest BCUT2D eigenvalue weighted by Crippen LogP contribution is 2.22. The molecule has 0 bridgehead atoms. The maximum atomic E-state index is 13.9. The Labute approximate surface area is 140 Å². The lowest BCUT2D eigenvalue weighted by Crippen LogP contribution is -2.49. The number of carbonyl (C=O) groups is 1. The van der Waals surface area contributed by atoms with Crippen LogP contribution >= 0.6 is 0 Å². The zero-order valence-corrected chi connectivity index (χ0v) is 13.5. The van der Waals surface area contributed by atoms with Gasteiger partial charge in [-0.2, -0.15) is 0 Å². The molecule has 1 amide bonds. The molecule has 124 valence electrons. The van der Waals surface area contributed by atoms with Crippen LogP contribution in [0.2, 0.25) is 0 Å². The fourth-order valence-corrected chi connectivity index (χ4v) is 3.47. The van der Waals surface area contributed by atoms with Crippen LogP contribution in [0.15, 0.2) is 42.5 Å². The van der Waals surface area contributed by atoms with Gasteiger partial charge < -0.3 is 15.1 Å². The minimum atomic E-state index is -0.205. The lowest BCUT2D eigenvalue weighted by atomic mass is 10.1. The van der Waals surface area contributed by atoms with E-state index in [2.05, 4.69) is 5.32 Å². The molecule has 2 aliphatic rings. The summed E-state index contributed by atoms with van der Waals surface area (Å²) in [6.07, 6.45) is 0. The SMILES string of the molecule is O=C(c1ccc2c(c1)CNC2)N1CCN(c2ccccc2F)CC1. The standard InChI is InChI=1S/C19H20FN3O/c20-17-3-1-2-4-18(17)22-7-9-23(10-8-22)19(24)14-5-6-15-12-21-13-16(15)11-14/h1-6,11,21H,7-10,12-13H2. The van der Waals surface area contributed by atoms with E-state index in [-0.39, 0.29) is 11.7 Å². The molecule has 2 aliphatic heterocycles. The average Bonchev–Trinajstić information content (AvgIpc) is 3.09. The number of anilines is 1. The molecule has 0 radical (unpaired) electrons. The average molecular weight is 325 g/mol. The topological polar surface area (TPSA) is 35.6 Å². The summed E-state index contributed by atoms with van der Waals surface area (Å²) in [5, 5.41) is 3.30. The van der Waals surface area contributed by atoms with Gasteiger partial charge in [-0.05, 0) is 35.4 Å². The molecule has 1 saturated heterocycles. The summed E-state index contributed by atoms with van der Waals surface area (Å²) in [4.78, 5) is 16.6. The Hall–Kier alpha value is -2.40. The summed E-state index contributed by atoms with van der Waals surface area (Å²) in [6, 6.07) is 12.8. The van der Waals surface area contributed by atoms with Crippen molar-refractivity contribution >= 4 is 11.6 Å². The predicted molar refractivity (Wildman–Crippen MR) is 91.5 cm³/mol. The minimum absolute atomic E-state index is 0.0675. The predicted octanol–water partition coefficient (Wildman–Crippen LogP) is 2.39. The van der Waals surface area contributed by atoms with E-state index < -0.39 is 0 Å². The Morgan fingerprint density at radius 2 is 1.71 bits per heavy atom. The van der Waals surface area contributed by atoms with Crippen molar-refractivity contribution < 1.29 is 9.18 Å². The normalized spacial score (nSPS) is 17.0. The van der Waals surface area contributed by atoms with E-state index in [0.717, 1.165) is 18.7 Å². The van der Waals surface area contributed by atoms with Crippen molar-refractivity contribution in [2.75, 3.05) is 31.1 Å². The number of rotatable bonds is 2. The van der Waals surface area contributed by atoms with E-state index in [1.165, 1.54) is 17.2 Å². The highest BCUT2D eigenvalue weighted by atomic mass is 19.1. The summed E-state index contributed by atoms with van der Waals surface area (Å²) in [6.45, 7) is 4.24. The summed E-state index contributed by atoms with van der Waals surface area (Å²) in [5.41, 5.74) is 3.85. The number of nitrogens with zero attached hydrogens (tertiary/aromatic N) is 2. The van der Waals surface area contributed by atoms with Crippen LogP contribution in [0.3, 0.4) is 0 Å².